The Morgan fingerprint density at radius 3 is 1.88 bits per heavy atom. The number of anilines is 1. The molecule has 172 valence electrons. The van der Waals surface area contributed by atoms with E-state index < -0.39 is 48.8 Å². The molecule has 0 saturated heterocycles. The van der Waals surface area contributed by atoms with E-state index in [2.05, 4.69) is 6.92 Å². The summed E-state index contributed by atoms with van der Waals surface area (Å²) in [4.78, 5) is 14.0. The zero-order chi connectivity index (χ0) is 23.8. The molecule has 0 saturated carbocycles. The summed E-state index contributed by atoms with van der Waals surface area (Å²) in [5, 5.41) is 0.857. The third kappa shape index (κ3) is 4.12. The van der Waals surface area contributed by atoms with E-state index in [4.69, 9.17) is 0 Å². The highest BCUT2D eigenvalue weighted by molar-refractivity contribution is 6.84. The molecular weight excluding hydrogens is 441 g/mol. The minimum Gasteiger partial charge on any atom is -0.271 e. The molecule has 0 N–H and O–H groups in total. The summed E-state index contributed by atoms with van der Waals surface area (Å²) in [6, 6.07) is 6.45. The van der Waals surface area contributed by atoms with E-state index >= 15 is 0 Å². The highest BCUT2D eigenvalue weighted by Crippen LogP contribution is 2.44. The van der Waals surface area contributed by atoms with Gasteiger partial charge in [-0.1, -0.05) is 69.2 Å². The maximum absolute atomic E-state index is 14.8. The zero-order valence-corrected chi connectivity index (χ0v) is 19.6. The topological polar surface area (TPSA) is 20.3 Å². The van der Waals surface area contributed by atoms with Crippen LogP contribution < -0.4 is 4.90 Å². The maximum atomic E-state index is 14.8. The number of amides is 1. The largest absolute Gasteiger partial charge is 0.271 e. The Kier molecular flexibility index (Phi) is 6.93. The molecule has 2 aromatic carbocycles. The molecule has 2 aromatic rings. The number of allylic oxidation sites excluding steroid dienone is 1. The summed E-state index contributed by atoms with van der Waals surface area (Å²) >= 11 is 0. The quantitative estimate of drug-likeness (QED) is 0.135. The molecule has 8 heteroatoms. The first-order valence-electron chi connectivity index (χ1n) is 10.7. The summed E-state index contributed by atoms with van der Waals surface area (Å²) in [5.74, 6) is -11.2. The first-order chi connectivity index (χ1) is 15.0. The molecule has 1 amide bonds. The van der Waals surface area contributed by atoms with Gasteiger partial charge in [-0.2, -0.15) is 0 Å². The van der Waals surface area contributed by atoms with Crippen molar-refractivity contribution in [3.8, 4) is 0 Å². The smallest absolute Gasteiger partial charge is 0.263 e. The molecule has 0 bridgehead atoms. The van der Waals surface area contributed by atoms with Crippen LogP contribution >= 0.6 is 0 Å². The van der Waals surface area contributed by atoms with Crippen LogP contribution in [0.4, 0.5) is 27.6 Å². The fourth-order valence-electron chi connectivity index (χ4n) is 4.10. The van der Waals surface area contributed by atoms with Crippen molar-refractivity contribution in [2.24, 2.45) is 0 Å². The SMILES string of the molecule is CCCCCC/C(=C1/c2ccccc2C(=O)N1c1c(F)c(F)c(F)c(F)c1F)[Si](C)(C)C. The van der Waals surface area contributed by atoms with Crippen LogP contribution in [0.1, 0.15) is 54.9 Å². The summed E-state index contributed by atoms with van der Waals surface area (Å²) in [6.07, 6.45) is 4.37. The van der Waals surface area contributed by atoms with Gasteiger partial charge in [-0.25, -0.2) is 22.0 Å². The van der Waals surface area contributed by atoms with Gasteiger partial charge >= 0.3 is 0 Å². The van der Waals surface area contributed by atoms with E-state index in [1.807, 2.05) is 19.6 Å². The second-order valence-corrected chi connectivity index (χ2v) is 14.1. The van der Waals surface area contributed by atoms with E-state index in [-0.39, 0.29) is 11.3 Å². The van der Waals surface area contributed by atoms with Gasteiger partial charge in [0.15, 0.2) is 23.3 Å². The Labute approximate surface area is 185 Å². The van der Waals surface area contributed by atoms with Crippen molar-refractivity contribution in [1.29, 1.82) is 0 Å². The summed E-state index contributed by atoms with van der Waals surface area (Å²) in [7, 11) is -2.18. The predicted octanol–water partition coefficient (Wildman–Crippen LogP) is 7.60. The minimum atomic E-state index is -2.25. The van der Waals surface area contributed by atoms with E-state index in [1.165, 1.54) is 6.07 Å². The van der Waals surface area contributed by atoms with Gasteiger partial charge in [0.1, 0.15) is 5.69 Å². The van der Waals surface area contributed by atoms with Crippen LogP contribution in [0, 0.1) is 29.1 Å². The van der Waals surface area contributed by atoms with Crippen LogP contribution in [-0.2, 0) is 0 Å². The van der Waals surface area contributed by atoms with Crippen molar-refractivity contribution in [2.45, 2.75) is 58.7 Å². The number of rotatable bonds is 7. The molecule has 1 heterocycles. The van der Waals surface area contributed by atoms with Gasteiger partial charge in [-0.05, 0) is 18.9 Å². The van der Waals surface area contributed by atoms with Gasteiger partial charge in [-0.15, -0.1) is 0 Å². The van der Waals surface area contributed by atoms with Crippen LogP contribution in [0.2, 0.25) is 19.6 Å². The Morgan fingerprint density at radius 1 is 0.812 bits per heavy atom. The van der Waals surface area contributed by atoms with Crippen molar-refractivity contribution < 1.29 is 26.7 Å². The Hall–Kier alpha value is -2.48. The molecule has 2 nitrogen and oxygen atoms in total. The van der Waals surface area contributed by atoms with Crippen molar-refractivity contribution in [2.75, 3.05) is 4.90 Å². The van der Waals surface area contributed by atoms with Gasteiger partial charge in [-0.3, -0.25) is 9.69 Å². The van der Waals surface area contributed by atoms with Gasteiger partial charge < -0.3 is 0 Å². The number of benzene rings is 2. The number of hydrogen-bond acceptors (Lipinski definition) is 1. The lowest BCUT2D eigenvalue weighted by atomic mass is 10.1. The Bertz CT molecular complexity index is 1060. The van der Waals surface area contributed by atoms with Crippen LogP contribution in [0.5, 0.6) is 0 Å². The van der Waals surface area contributed by atoms with E-state index in [9.17, 15) is 26.7 Å². The monoisotopic (exact) mass is 467 g/mol. The summed E-state index contributed by atoms with van der Waals surface area (Å²) in [5.41, 5.74) is -0.337. The molecule has 32 heavy (non-hydrogen) atoms. The number of carbonyl (C=O) groups excluding carboxylic acids is 1. The molecule has 0 atom stereocenters. The standard InChI is InChI=1S/C24H26F5NOSi/c1-5-6-7-8-13-16(32(2,3)4)22-14-11-9-10-12-15(14)24(31)30(22)23-20(28)18(26)17(25)19(27)21(23)29/h9-12H,5-8,13H2,1-4H3/b22-16+. The van der Waals surface area contributed by atoms with Gasteiger partial charge in [0.2, 0.25) is 5.82 Å². The molecule has 1 aliphatic rings. The van der Waals surface area contributed by atoms with Crippen LogP contribution in [-0.4, -0.2) is 14.0 Å². The number of nitrogens with zero attached hydrogens (tertiary/aromatic N) is 1. The lowest BCUT2D eigenvalue weighted by Gasteiger charge is -2.29. The fourth-order valence-corrected chi connectivity index (χ4v) is 5.98. The van der Waals surface area contributed by atoms with Crippen LogP contribution in [0.25, 0.3) is 5.70 Å². The number of fused-ring (bicyclic) bond motifs is 1. The Balaban J connectivity index is 2.33. The second-order valence-electron chi connectivity index (χ2n) is 8.99. The lowest BCUT2D eigenvalue weighted by molar-refractivity contribution is 0.100. The third-order valence-electron chi connectivity index (χ3n) is 5.72. The maximum Gasteiger partial charge on any atom is 0.263 e. The van der Waals surface area contributed by atoms with Crippen molar-refractivity contribution >= 4 is 25.4 Å². The van der Waals surface area contributed by atoms with Crippen molar-refractivity contribution in [1.82, 2.24) is 0 Å². The average molecular weight is 468 g/mol. The predicted molar refractivity (Wildman–Crippen MR) is 119 cm³/mol. The molecule has 0 spiro atoms. The van der Waals surface area contributed by atoms with Crippen LogP contribution in [0.15, 0.2) is 29.5 Å². The molecule has 0 aliphatic carbocycles. The van der Waals surface area contributed by atoms with Gasteiger partial charge in [0, 0.05) is 11.1 Å². The minimum absolute atomic E-state index is 0.177. The summed E-state index contributed by atoms with van der Waals surface area (Å²) < 4.78 is 71.4. The first-order valence-corrected chi connectivity index (χ1v) is 14.2. The zero-order valence-electron chi connectivity index (χ0n) is 18.6. The molecule has 0 aromatic heterocycles. The molecular formula is C24H26F5NOSi. The highest BCUT2D eigenvalue weighted by atomic mass is 28.3. The van der Waals surface area contributed by atoms with E-state index in [0.717, 1.165) is 30.9 Å². The Morgan fingerprint density at radius 2 is 1.34 bits per heavy atom. The van der Waals surface area contributed by atoms with Crippen molar-refractivity contribution in [3.63, 3.8) is 0 Å². The van der Waals surface area contributed by atoms with Crippen LogP contribution in [0.3, 0.4) is 0 Å². The number of halogens is 5. The normalized spacial score (nSPS) is 15.4. The highest BCUT2D eigenvalue weighted by Gasteiger charge is 2.42. The molecule has 0 radical (unpaired) electrons. The summed E-state index contributed by atoms with van der Waals surface area (Å²) in [6.45, 7) is 8.19. The van der Waals surface area contributed by atoms with E-state index in [0.29, 0.717) is 16.9 Å². The average Bonchev–Trinajstić information content (AvgIpc) is 3.02. The number of unbranched alkanes of at least 4 members (excludes halogenated alkanes) is 3. The fraction of sp³-hybridized carbons (Fsp3) is 0.375. The van der Waals surface area contributed by atoms with Crippen molar-refractivity contribution in [3.05, 3.63) is 69.7 Å². The van der Waals surface area contributed by atoms with Gasteiger partial charge in [0.25, 0.3) is 5.91 Å². The van der Waals surface area contributed by atoms with E-state index in [1.54, 1.807) is 18.2 Å². The second kappa shape index (κ2) is 9.17. The first kappa shape index (κ1) is 24.2. The molecule has 0 unspecified atom stereocenters. The molecule has 1 aliphatic heterocycles. The third-order valence-corrected chi connectivity index (χ3v) is 8.02. The van der Waals surface area contributed by atoms with Gasteiger partial charge in [0.05, 0.1) is 13.8 Å². The molecule has 0 fully saturated rings. The lowest BCUT2D eigenvalue weighted by Crippen LogP contribution is -2.32. The number of hydrogen-bond donors (Lipinski definition) is 0. The number of carbonyl (C=O) groups is 1. The molecule has 3 rings (SSSR count).